The summed E-state index contributed by atoms with van der Waals surface area (Å²) >= 11 is 5.33. The molecule has 45 heavy (non-hydrogen) atoms. The Balaban J connectivity index is 1.60. The highest BCUT2D eigenvalue weighted by Gasteiger charge is 2.42. The molecule has 0 saturated heterocycles. The molecule has 13 heteroatoms. The number of hydrogen-bond acceptors (Lipinski definition) is 1. The van der Waals surface area contributed by atoms with Gasteiger partial charge in [-0.05, 0) is 60.4 Å². The van der Waals surface area contributed by atoms with Gasteiger partial charge in [0, 0.05) is 17.2 Å². The number of alkyl halides is 5. The van der Waals surface area contributed by atoms with Crippen LogP contribution in [0.3, 0.4) is 0 Å². The van der Waals surface area contributed by atoms with Crippen molar-refractivity contribution >= 4 is 11.6 Å². The molecule has 1 nitrogen and oxygen atoms in total. The van der Waals surface area contributed by atoms with E-state index in [1.807, 2.05) is 18.8 Å². The van der Waals surface area contributed by atoms with E-state index in [1.54, 1.807) is 6.07 Å². The molecule has 0 unspecified atom stereocenters. The van der Waals surface area contributed by atoms with Crippen LogP contribution in [-0.2, 0) is 18.7 Å². The van der Waals surface area contributed by atoms with Crippen molar-refractivity contribution in [2.75, 3.05) is 0 Å². The van der Waals surface area contributed by atoms with Crippen molar-refractivity contribution in [3.8, 4) is 28.7 Å². The van der Waals surface area contributed by atoms with Crippen LogP contribution in [-0.4, -0.2) is 0 Å². The standard InChI is InChI=1S/C32H18ClF11O/c1-2-3-4-16-5-7-20(23(34)9-16)18-12-24(35)21(25(36)13-18)8-6-17-10-26(37)30(27(38)11-17)32(43,44)45-19-14-22(33)29(28(39)15-19)31(40,41)42/h5,7,9-15H,2-4H2,1H3. The van der Waals surface area contributed by atoms with Crippen molar-refractivity contribution in [1.82, 2.24) is 0 Å². The summed E-state index contributed by atoms with van der Waals surface area (Å²) < 4.78 is 159. The zero-order valence-electron chi connectivity index (χ0n) is 22.8. The Labute approximate surface area is 254 Å². The molecule has 4 aromatic carbocycles. The van der Waals surface area contributed by atoms with Crippen molar-refractivity contribution in [2.45, 2.75) is 38.5 Å². The molecule has 4 aromatic rings. The van der Waals surface area contributed by atoms with Crippen LogP contribution in [0.4, 0.5) is 48.3 Å². The monoisotopic (exact) mass is 662 g/mol. The van der Waals surface area contributed by atoms with E-state index in [4.69, 9.17) is 11.6 Å². The maximum atomic E-state index is 14.8. The summed E-state index contributed by atoms with van der Waals surface area (Å²) in [4.78, 5) is 0. The fourth-order valence-electron chi connectivity index (χ4n) is 4.31. The van der Waals surface area contributed by atoms with Gasteiger partial charge in [0.25, 0.3) is 0 Å². The lowest BCUT2D eigenvalue weighted by molar-refractivity contribution is -0.189. The second kappa shape index (κ2) is 13.0. The molecular weight excluding hydrogens is 645 g/mol. The van der Waals surface area contributed by atoms with Crippen LogP contribution < -0.4 is 4.74 Å². The van der Waals surface area contributed by atoms with Crippen LogP contribution in [0, 0.1) is 46.7 Å². The third-order valence-electron chi connectivity index (χ3n) is 6.42. The number of unbranched alkanes of at least 4 members (excludes halogenated alkanes) is 1. The first-order valence-electron chi connectivity index (χ1n) is 12.9. The maximum Gasteiger partial charge on any atom is 0.432 e. The van der Waals surface area contributed by atoms with Crippen LogP contribution in [0.1, 0.15) is 47.6 Å². The summed E-state index contributed by atoms with van der Waals surface area (Å²) in [5, 5.41) is -1.35. The number of halogens is 12. The Hall–Kier alpha value is -4.24. The Bertz CT molecular complexity index is 1750. The largest absolute Gasteiger partial charge is 0.432 e. The lowest BCUT2D eigenvalue weighted by atomic mass is 9.99. The molecule has 0 aromatic heterocycles. The molecule has 0 fully saturated rings. The zero-order valence-corrected chi connectivity index (χ0v) is 23.5. The molecule has 4 rings (SSSR count). The molecule has 0 N–H and O–H groups in total. The topological polar surface area (TPSA) is 9.23 Å². The van der Waals surface area contributed by atoms with Gasteiger partial charge in [0.1, 0.15) is 51.8 Å². The lowest BCUT2D eigenvalue weighted by Gasteiger charge is -2.20. The highest BCUT2D eigenvalue weighted by molar-refractivity contribution is 6.31. The van der Waals surface area contributed by atoms with Gasteiger partial charge in [0.05, 0.1) is 10.6 Å². The quantitative estimate of drug-likeness (QED) is 0.141. The zero-order chi connectivity index (χ0) is 33.3. The molecule has 0 heterocycles. The average molecular weight is 663 g/mol. The number of rotatable bonds is 7. The lowest BCUT2D eigenvalue weighted by Crippen LogP contribution is -2.25. The summed E-state index contributed by atoms with van der Waals surface area (Å²) in [6, 6.07) is 6.50. The van der Waals surface area contributed by atoms with E-state index in [0.29, 0.717) is 12.0 Å². The van der Waals surface area contributed by atoms with E-state index in [9.17, 15) is 48.3 Å². The summed E-state index contributed by atoms with van der Waals surface area (Å²) in [6.07, 6.45) is -7.85. The third-order valence-corrected chi connectivity index (χ3v) is 6.71. The summed E-state index contributed by atoms with van der Waals surface area (Å²) in [7, 11) is 0. The molecule has 0 atom stereocenters. The van der Waals surface area contributed by atoms with E-state index < -0.39 is 80.2 Å². The normalized spacial score (nSPS) is 11.8. The number of aryl methyl sites for hydroxylation is 1. The predicted molar refractivity (Wildman–Crippen MR) is 144 cm³/mol. The molecule has 0 amide bonds. The predicted octanol–water partition coefficient (Wildman–Crippen LogP) is 10.7. The Morgan fingerprint density at radius 2 is 1.29 bits per heavy atom. The van der Waals surface area contributed by atoms with Crippen LogP contribution >= 0.6 is 11.6 Å². The Morgan fingerprint density at radius 3 is 1.82 bits per heavy atom. The van der Waals surface area contributed by atoms with Crippen molar-refractivity contribution in [3.63, 3.8) is 0 Å². The SMILES string of the molecule is CCCCc1ccc(-c2cc(F)c(C#Cc3cc(F)c(C(F)(F)Oc4cc(F)c(C(F)(F)F)c(Cl)c4)c(F)c3)c(F)c2)c(F)c1. The molecule has 0 aliphatic carbocycles. The number of hydrogen-bond donors (Lipinski definition) is 0. The van der Waals surface area contributed by atoms with Gasteiger partial charge in [-0.1, -0.05) is 48.9 Å². The highest BCUT2D eigenvalue weighted by atomic mass is 35.5. The summed E-state index contributed by atoms with van der Waals surface area (Å²) in [5.74, 6) is -6.42. The van der Waals surface area contributed by atoms with Crippen LogP contribution in [0.25, 0.3) is 11.1 Å². The van der Waals surface area contributed by atoms with Gasteiger partial charge in [0.15, 0.2) is 0 Å². The van der Waals surface area contributed by atoms with Gasteiger partial charge < -0.3 is 4.74 Å². The smallest absolute Gasteiger partial charge is 0.429 e. The van der Waals surface area contributed by atoms with Crippen molar-refractivity contribution in [1.29, 1.82) is 0 Å². The van der Waals surface area contributed by atoms with Gasteiger partial charge in [-0.3, -0.25) is 0 Å². The fourth-order valence-corrected chi connectivity index (χ4v) is 4.62. The van der Waals surface area contributed by atoms with E-state index in [-0.39, 0.29) is 35.4 Å². The molecule has 0 aliphatic heterocycles. The molecule has 0 saturated carbocycles. The van der Waals surface area contributed by atoms with Crippen LogP contribution in [0.5, 0.6) is 5.75 Å². The minimum Gasteiger partial charge on any atom is -0.429 e. The van der Waals surface area contributed by atoms with Gasteiger partial charge in [-0.2, -0.15) is 22.0 Å². The number of benzene rings is 4. The van der Waals surface area contributed by atoms with Crippen molar-refractivity contribution in [3.05, 3.63) is 122 Å². The fraction of sp³-hybridized carbons (Fsp3) is 0.188. The van der Waals surface area contributed by atoms with Gasteiger partial charge in [-0.25, -0.2) is 26.3 Å². The molecule has 0 aliphatic rings. The first-order valence-corrected chi connectivity index (χ1v) is 13.3. The molecular formula is C32H18ClF11O. The van der Waals surface area contributed by atoms with E-state index in [0.717, 1.165) is 25.0 Å². The van der Waals surface area contributed by atoms with Crippen molar-refractivity contribution in [2.24, 2.45) is 0 Å². The highest BCUT2D eigenvalue weighted by Crippen LogP contribution is 2.41. The summed E-state index contributed by atoms with van der Waals surface area (Å²) in [6.45, 7) is 1.97. The molecule has 0 spiro atoms. The minimum absolute atomic E-state index is 0.0864. The van der Waals surface area contributed by atoms with Crippen LogP contribution in [0.2, 0.25) is 5.02 Å². The van der Waals surface area contributed by atoms with E-state index in [1.165, 1.54) is 12.1 Å². The van der Waals surface area contributed by atoms with Gasteiger partial charge in [0.2, 0.25) is 0 Å². The maximum absolute atomic E-state index is 14.8. The summed E-state index contributed by atoms with van der Waals surface area (Å²) in [5.41, 5.74) is -5.03. The van der Waals surface area contributed by atoms with E-state index in [2.05, 4.69) is 4.74 Å². The Kier molecular flexibility index (Phi) is 9.73. The third kappa shape index (κ3) is 7.53. The second-order valence-corrected chi connectivity index (χ2v) is 10.1. The Morgan fingerprint density at radius 1 is 0.689 bits per heavy atom. The molecule has 236 valence electrons. The number of ether oxygens (including phenoxy) is 1. The average Bonchev–Trinajstić information content (AvgIpc) is 2.89. The first-order chi connectivity index (χ1) is 21.0. The second-order valence-electron chi connectivity index (χ2n) is 9.68. The molecule has 0 bridgehead atoms. The van der Waals surface area contributed by atoms with Gasteiger partial charge in [-0.15, -0.1) is 0 Å². The minimum atomic E-state index is -5.27. The molecule has 0 radical (unpaired) electrons. The first kappa shape index (κ1) is 33.6. The van der Waals surface area contributed by atoms with E-state index >= 15 is 0 Å². The van der Waals surface area contributed by atoms with Crippen LogP contribution in [0.15, 0.2) is 54.6 Å². The van der Waals surface area contributed by atoms with Gasteiger partial charge >= 0.3 is 12.3 Å². The van der Waals surface area contributed by atoms with Crippen molar-refractivity contribution < 1.29 is 53.0 Å².